The molecule has 0 spiro atoms. The minimum Gasteiger partial charge on any atom is -0.313 e. The molecule has 0 rings (SSSR count). The molecule has 104 valence electrons. The van der Waals surface area contributed by atoms with Gasteiger partial charge in [0.1, 0.15) is 0 Å². The molecule has 0 atom stereocenters. The number of rotatable bonds is 10. The average Bonchev–Trinajstić information content (AvgIpc) is 2.32. The zero-order valence-electron chi connectivity index (χ0n) is 12.8. The molecule has 17 heavy (non-hydrogen) atoms. The zero-order chi connectivity index (χ0) is 13.3. The largest absolute Gasteiger partial charge is 0.313 e. The van der Waals surface area contributed by atoms with E-state index in [0.29, 0.717) is 0 Å². The predicted molar refractivity (Wildman–Crippen MR) is 80.4 cm³/mol. The van der Waals surface area contributed by atoms with Gasteiger partial charge in [0, 0.05) is 0 Å². The molecule has 0 aliphatic carbocycles. The lowest BCUT2D eigenvalue weighted by Crippen LogP contribution is -2.74. The molecule has 0 aromatic carbocycles. The fourth-order valence-corrected chi connectivity index (χ4v) is 7.97. The minimum absolute atomic E-state index is 1.08. The first-order valence-corrected chi connectivity index (χ1v) is 9.51. The lowest BCUT2D eigenvalue weighted by atomic mass is 10.6. The van der Waals surface area contributed by atoms with Crippen LogP contribution in [0.4, 0.5) is 0 Å². The van der Waals surface area contributed by atoms with E-state index in [-0.39, 0.29) is 0 Å². The van der Waals surface area contributed by atoms with E-state index in [2.05, 4.69) is 55.7 Å². The van der Waals surface area contributed by atoms with Crippen LogP contribution < -0.4 is 4.98 Å². The Labute approximate surface area is 110 Å². The van der Waals surface area contributed by atoms with Crippen LogP contribution in [0.5, 0.6) is 0 Å². The van der Waals surface area contributed by atoms with E-state index in [1.54, 1.807) is 0 Å². The molecular weight excluding hydrogens is 226 g/mol. The molecule has 0 heterocycles. The molecule has 0 radical (unpaired) electrons. The van der Waals surface area contributed by atoms with Crippen LogP contribution in [0.15, 0.2) is 0 Å². The highest BCUT2D eigenvalue weighted by Crippen LogP contribution is 2.19. The number of nitrogens with zero attached hydrogens (tertiary/aromatic N) is 2. The van der Waals surface area contributed by atoms with Crippen LogP contribution in [0.2, 0.25) is 6.04 Å². The minimum atomic E-state index is -1.64. The molecule has 1 N–H and O–H groups in total. The summed E-state index contributed by atoms with van der Waals surface area (Å²) in [5.74, 6) is 0. The molecule has 4 heteroatoms. The monoisotopic (exact) mass is 259 g/mol. The zero-order valence-corrected chi connectivity index (χ0v) is 13.8. The van der Waals surface area contributed by atoms with Crippen LogP contribution in [0, 0.1) is 0 Å². The number of nitrogens with one attached hydrogen (secondary N) is 1. The highest BCUT2D eigenvalue weighted by Gasteiger charge is 2.42. The normalized spacial score (nSPS) is 12.7. The van der Waals surface area contributed by atoms with Gasteiger partial charge in [0.2, 0.25) is 0 Å². The number of hydrogen-bond acceptors (Lipinski definition) is 3. The molecule has 0 saturated heterocycles. The first-order chi connectivity index (χ1) is 8.16. The van der Waals surface area contributed by atoms with Gasteiger partial charge in [0.15, 0.2) is 0 Å². The van der Waals surface area contributed by atoms with E-state index in [4.69, 9.17) is 0 Å². The molecule has 0 aliphatic rings. The van der Waals surface area contributed by atoms with Crippen molar-refractivity contribution in [3.63, 3.8) is 0 Å². The van der Waals surface area contributed by atoms with Crippen LogP contribution >= 0.6 is 0 Å². The van der Waals surface area contributed by atoms with Gasteiger partial charge in [-0.1, -0.05) is 48.0 Å². The van der Waals surface area contributed by atoms with Crippen molar-refractivity contribution in [3.05, 3.63) is 0 Å². The molecule has 0 saturated carbocycles. The highest BCUT2D eigenvalue weighted by atomic mass is 28.4. The van der Waals surface area contributed by atoms with Gasteiger partial charge < -0.3 is 14.1 Å². The van der Waals surface area contributed by atoms with Gasteiger partial charge in [-0.05, 0) is 38.8 Å². The Kier molecular flexibility index (Phi) is 9.14. The van der Waals surface area contributed by atoms with Crippen molar-refractivity contribution in [1.82, 2.24) is 14.1 Å². The van der Waals surface area contributed by atoms with Gasteiger partial charge in [-0.25, -0.2) is 0 Å². The lowest BCUT2D eigenvalue weighted by molar-refractivity contribution is 0.333. The van der Waals surface area contributed by atoms with Crippen LogP contribution in [0.3, 0.4) is 0 Å². The van der Waals surface area contributed by atoms with Gasteiger partial charge >= 0.3 is 0 Å². The average molecular weight is 260 g/mol. The Morgan fingerprint density at radius 1 is 0.765 bits per heavy atom. The van der Waals surface area contributed by atoms with E-state index >= 15 is 0 Å². The summed E-state index contributed by atoms with van der Waals surface area (Å²) in [6.45, 7) is 19.4. The predicted octanol–water partition coefficient (Wildman–Crippen LogP) is 2.63. The summed E-state index contributed by atoms with van der Waals surface area (Å²) in [7, 11) is -1.64. The van der Waals surface area contributed by atoms with E-state index in [1.807, 2.05) is 0 Å². The van der Waals surface area contributed by atoms with E-state index in [9.17, 15) is 0 Å². The Hall–Kier alpha value is 0.0969. The van der Waals surface area contributed by atoms with Crippen molar-refractivity contribution < 1.29 is 0 Å². The standard InChI is InChI=1S/C13H33N3Si/c1-7-13-17(14-8-2,15(9-3)10-4)16(11-5)12-6/h14H,7-13H2,1-6H3. The van der Waals surface area contributed by atoms with Gasteiger partial charge in [-0.2, -0.15) is 0 Å². The summed E-state index contributed by atoms with van der Waals surface area (Å²) in [4.78, 5) is 3.89. The van der Waals surface area contributed by atoms with Crippen molar-refractivity contribution in [2.45, 2.75) is 54.0 Å². The van der Waals surface area contributed by atoms with Crippen molar-refractivity contribution in [3.8, 4) is 0 Å². The summed E-state index contributed by atoms with van der Waals surface area (Å²) >= 11 is 0. The second-order valence-electron chi connectivity index (χ2n) is 4.44. The summed E-state index contributed by atoms with van der Waals surface area (Å²) in [5, 5.41) is 0. The second-order valence-corrected chi connectivity index (χ2v) is 8.19. The maximum atomic E-state index is 3.89. The van der Waals surface area contributed by atoms with Gasteiger partial charge in [-0.15, -0.1) is 0 Å². The molecule has 0 fully saturated rings. The maximum absolute atomic E-state index is 3.89. The molecule has 0 aromatic heterocycles. The van der Waals surface area contributed by atoms with E-state index in [0.717, 1.165) is 32.7 Å². The fourth-order valence-electron chi connectivity index (χ4n) is 2.95. The van der Waals surface area contributed by atoms with Crippen LogP contribution in [0.25, 0.3) is 0 Å². The first-order valence-electron chi connectivity index (χ1n) is 7.41. The Balaban J connectivity index is 5.20. The SMILES string of the molecule is CCC[Si](NCC)(N(CC)CC)N(CC)CC. The molecule has 0 aliphatic heterocycles. The smallest absolute Gasteiger partial charge is 0.286 e. The van der Waals surface area contributed by atoms with Crippen LogP contribution in [-0.2, 0) is 0 Å². The third-order valence-electron chi connectivity index (χ3n) is 3.63. The van der Waals surface area contributed by atoms with Crippen LogP contribution in [0.1, 0.15) is 48.0 Å². The van der Waals surface area contributed by atoms with Crippen molar-refractivity contribution in [2.24, 2.45) is 0 Å². The quantitative estimate of drug-likeness (QED) is 0.609. The molecule has 0 unspecified atom stereocenters. The number of hydrogen-bond donors (Lipinski definition) is 1. The summed E-state index contributed by atoms with van der Waals surface area (Å²) in [6.07, 6.45) is 1.27. The Morgan fingerprint density at radius 3 is 1.41 bits per heavy atom. The lowest BCUT2D eigenvalue weighted by Gasteiger charge is -2.48. The highest BCUT2D eigenvalue weighted by molar-refractivity contribution is 6.72. The van der Waals surface area contributed by atoms with E-state index < -0.39 is 8.56 Å². The molecular formula is C13H33N3Si. The topological polar surface area (TPSA) is 18.5 Å². The Bertz CT molecular complexity index is 160. The summed E-state index contributed by atoms with van der Waals surface area (Å²) in [6, 6.07) is 1.32. The second kappa shape index (κ2) is 9.08. The molecule has 0 aromatic rings. The van der Waals surface area contributed by atoms with Crippen molar-refractivity contribution in [2.75, 3.05) is 32.7 Å². The van der Waals surface area contributed by atoms with Gasteiger partial charge in [0.25, 0.3) is 8.56 Å². The summed E-state index contributed by atoms with van der Waals surface area (Å²) in [5.41, 5.74) is 0. The first kappa shape index (κ1) is 17.1. The third-order valence-corrected chi connectivity index (χ3v) is 9.11. The van der Waals surface area contributed by atoms with Crippen molar-refractivity contribution >= 4 is 8.56 Å². The Morgan fingerprint density at radius 2 is 1.18 bits per heavy atom. The maximum Gasteiger partial charge on any atom is 0.286 e. The summed E-state index contributed by atoms with van der Waals surface area (Å²) < 4.78 is 5.40. The molecule has 0 bridgehead atoms. The van der Waals surface area contributed by atoms with Crippen LogP contribution in [-0.4, -0.2) is 50.4 Å². The van der Waals surface area contributed by atoms with E-state index in [1.165, 1.54) is 12.5 Å². The van der Waals surface area contributed by atoms with Gasteiger partial charge in [0.05, 0.1) is 0 Å². The molecule has 3 nitrogen and oxygen atoms in total. The van der Waals surface area contributed by atoms with Crippen molar-refractivity contribution in [1.29, 1.82) is 0 Å². The molecule has 0 amide bonds. The third kappa shape index (κ3) is 4.05. The fraction of sp³-hybridized carbons (Fsp3) is 1.00. The van der Waals surface area contributed by atoms with Gasteiger partial charge in [-0.3, -0.25) is 0 Å².